The maximum absolute atomic E-state index is 6.48. The summed E-state index contributed by atoms with van der Waals surface area (Å²) < 4.78 is 25.1. The van der Waals surface area contributed by atoms with Crippen LogP contribution in [0.15, 0.2) is 71.2 Å². The molecule has 0 radical (unpaired) electrons. The molecule has 0 aliphatic carbocycles. The van der Waals surface area contributed by atoms with Gasteiger partial charge in [0.25, 0.3) is 0 Å². The Morgan fingerprint density at radius 3 is 1.45 bits per heavy atom. The standard InChI is InChI=1S/C29H43BO4Si.C21H27BrSi/c1-20(2)35(21(3)4,22(5)6)16-15-23-13-12-14-24-17-25(32-19-31-11)18-26(27(23)24)30-33-28(7,8)29(9,10)34-30;1-15(2)23(16(3)4,17(5)6)14-13-19-10-7-9-18-11-8-12-20(22)21(18)19/h12-14,17-18,20-22H,19H2,1-11H3;7-12,15-17H,1-6H3. The maximum atomic E-state index is 6.48. The summed E-state index contributed by atoms with van der Waals surface area (Å²) in [4.78, 5) is 0. The summed E-state index contributed by atoms with van der Waals surface area (Å²) in [6.07, 6.45) is 0. The number of hydrogen-bond donors (Lipinski definition) is 0. The topological polar surface area (TPSA) is 36.9 Å². The average Bonchev–Trinajstić information content (AvgIpc) is 3.35. The van der Waals surface area contributed by atoms with Gasteiger partial charge < -0.3 is 18.8 Å². The van der Waals surface area contributed by atoms with Gasteiger partial charge in [0.2, 0.25) is 0 Å². The van der Waals surface area contributed by atoms with E-state index in [0.29, 0.717) is 33.2 Å². The Kier molecular flexibility index (Phi) is 15.9. The van der Waals surface area contributed by atoms with Crippen LogP contribution in [0.25, 0.3) is 21.5 Å². The van der Waals surface area contributed by atoms with Gasteiger partial charge in [-0.2, -0.15) is 0 Å². The molecule has 5 rings (SSSR count). The molecule has 0 bridgehead atoms. The van der Waals surface area contributed by atoms with Gasteiger partial charge >= 0.3 is 7.12 Å². The molecule has 1 aliphatic heterocycles. The van der Waals surface area contributed by atoms with Crippen molar-refractivity contribution in [3.05, 3.63) is 82.3 Å². The van der Waals surface area contributed by atoms with E-state index < -0.39 is 34.5 Å². The molecule has 0 saturated carbocycles. The first-order valence-electron chi connectivity index (χ1n) is 21.3. The van der Waals surface area contributed by atoms with Gasteiger partial charge in [0.1, 0.15) is 21.9 Å². The molecule has 0 unspecified atom stereocenters. The lowest BCUT2D eigenvalue weighted by atomic mass is 9.75. The minimum atomic E-state index is -1.89. The molecule has 0 spiro atoms. The number of fused-ring (bicyclic) bond motifs is 2. The average molecular weight is 882 g/mol. The van der Waals surface area contributed by atoms with Gasteiger partial charge in [0.05, 0.1) is 11.2 Å². The quantitative estimate of drug-likeness (QED) is 0.0903. The second-order valence-corrected chi connectivity index (χ2v) is 31.0. The molecule has 0 N–H and O–H groups in total. The number of hydrogen-bond acceptors (Lipinski definition) is 4. The third-order valence-electron chi connectivity index (χ3n) is 13.2. The first-order valence-corrected chi connectivity index (χ1v) is 26.6. The SMILES string of the molecule is CC(C)[Si](C#Cc1cccc2cccc(Br)c12)(C(C)C)C(C)C.COCOc1cc(B2OC(C)(C)C(C)(C)O2)c2c(C#C[Si](C(C)C)(C(C)C)C(C)C)cccc2c1. The van der Waals surface area contributed by atoms with Crippen LogP contribution >= 0.6 is 15.9 Å². The Morgan fingerprint density at radius 1 is 0.603 bits per heavy atom. The van der Waals surface area contributed by atoms with Crippen molar-refractivity contribution in [1.82, 2.24) is 0 Å². The lowest BCUT2D eigenvalue weighted by Gasteiger charge is -2.38. The maximum Gasteiger partial charge on any atom is 0.495 e. The molecule has 4 aromatic rings. The Labute approximate surface area is 363 Å². The Bertz CT molecular complexity index is 2100. The van der Waals surface area contributed by atoms with Gasteiger partial charge in [-0.15, -0.1) is 11.1 Å². The minimum absolute atomic E-state index is 0.180. The fourth-order valence-electron chi connectivity index (χ4n) is 9.52. The lowest BCUT2D eigenvalue weighted by Crippen LogP contribution is -2.43. The van der Waals surface area contributed by atoms with Crippen LogP contribution in [0.3, 0.4) is 0 Å². The van der Waals surface area contributed by atoms with Gasteiger partial charge in [-0.05, 0) is 113 Å². The molecule has 1 heterocycles. The molecule has 1 fully saturated rings. The van der Waals surface area contributed by atoms with E-state index in [4.69, 9.17) is 18.8 Å². The molecule has 8 heteroatoms. The summed E-state index contributed by atoms with van der Waals surface area (Å²) >= 11 is 3.70. The number of methoxy groups -OCH3 is 1. The number of halogens is 1. The molecule has 0 atom stereocenters. The van der Waals surface area contributed by atoms with E-state index >= 15 is 0 Å². The zero-order chi connectivity index (χ0) is 43.4. The highest BCUT2D eigenvalue weighted by atomic mass is 79.9. The van der Waals surface area contributed by atoms with Crippen molar-refractivity contribution in [2.45, 2.75) is 155 Å². The van der Waals surface area contributed by atoms with Crippen LogP contribution in [0.4, 0.5) is 0 Å². The van der Waals surface area contributed by atoms with Crippen molar-refractivity contribution in [3.8, 4) is 28.7 Å². The summed E-state index contributed by atoms with van der Waals surface area (Å²) in [5.74, 6) is 8.00. The zero-order valence-electron chi connectivity index (χ0n) is 38.6. The minimum Gasteiger partial charge on any atom is -0.468 e. The Morgan fingerprint density at radius 2 is 1.02 bits per heavy atom. The monoisotopic (exact) mass is 880 g/mol. The Balaban J connectivity index is 0.000000280. The van der Waals surface area contributed by atoms with Crippen molar-refractivity contribution in [2.75, 3.05) is 13.9 Å². The summed E-state index contributed by atoms with van der Waals surface area (Å²) in [5.41, 5.74) is 13.7. The second kappa shape index (κ2) is 19.3. The predicted molar refractivity (Wildman–Crippen MR) is 260 cm³/mol. The second-order valence-electron chi connectivity index (χ2n) is 19.0. The molecule has 4 nitrogen and oxygen atoms in total. The van der Waals surface area contributed by atoms with Gasteiger partial charge in [0, 0.05) is 28.1 Å². The molecule has 4 aromatic carbocycles. The van der Waals surface area contributed by atoms with Crippen molar-refractivity contribution >= 4 is 66.2 Å². The van der Waals surface area contributed by atoms with E-state index in [1.54, 1.807) is 7.11 Å². The predicted octanol–water partition coefficient (Wildman–Crippen LogP) is 13.9. The molecule has 1 aliphatic rings. The van der Waals surface area contributed by atoms with Crippen molar-refractivity contribution < 1.29 is 18.8 Å². The highest BCUT2D eigenvalue weighted by Crippen LogP contribution is 2.43. The third kappa shape index (κ3) is 9.70. The van der Waals surface area contributed by atoms with Crippen molar-refractivity contribution in [2.24, 2.45) is 0 Å². The van der Waals surface area contributed by atoms with Crippen LogP contribution in [0.1, 0.15) is 122 Å². The van der Waals surface area contributed by atoms with E-state index in [1.807, 2.05) is 12.1 Å². The first kappa shape index (κ1) is 47.9. The van der Waals surface area contributed by atoms with Crippen LogP contribution in [0.2, 0.25) is 33.2 Å². The molecule has 1 saturated heterocycles. The highest BCUT2D eigenvalue weighted by Gasteiger charge is 2.52. The summed E-state index contributed by atoms with van der Waals surface area (Å²) in [6.45, 7) is 36.7. The number of rotatable bonds is 10. The summed E-state index contributed by atoms with van der Waals surface area (Å²) in [7, 11) is -2.47. The molecule has 0 amide bonds. The highest BCUT2D eigenvalue weighted by molar-refractivity contribution is 9.10. The van der Waals surface area contributed by atoms with Crippen LogP contribution in [-0.4, -0.2) is 48.4 Å². The van der Waals surface area contributed by atoms with E-state index in [9.17, 15) is 0 Å². The summed E-state index contributed by atoms with van der Waals surface area (Å²) in [5, 5.41) is 4.61. The van der Waals surface area contributed by atoms with E-state index in [0.717, 1.165) is 37.6 Å². The third-order valence-corrected chi connectivity index (χ3v) is 26.5. The summed E-state index contributed by atoms with van der Waals surface area (Å²) in [6, 6.07) is 23.1. The van der Waals surface area contributed by atoms with Crippen LogP contribution < -0.4 is 10.2 Å². The van der Waals surface area contributed by atoms with Crippen molar-refractivity contribution in [3.63, 3.8) is 0 Å². The fourth-order valence-corrected chi connectivity index (χ4v) is 20.5. The Hall–Kier alpha value is -2.82. The smallest absolute Gasteiger partial charge is 0.468 e. The largest absolute Gasteiger partial charge is 0.495 e. The van der Waals surface area contributed by atoms with Crippen LogP contribution in [0.5, 0.6) is 5.75 Å². The van der Waals surface area contributed by atoms with Gasteiger partial charge in [0.15, 0.2) is 6.79 Å². The van der Waals surface area contributed by atoms with Crippen molar-refractivity contribution in [1.29, 1.82) is 0 Å². The van der Waals surface area contributed by atoms with E-state index in [1.165, 1.54) is 10.8 Å². The lowest BCUT2D eigenvalue weighted by molar-refractivity contribution is 0.00578. The van der Waals surface area contributed by atoms with Gasteiger partial charge in [-0.1, -0.05) is 147 Å². The molecular formula is C50H70BBrO4Si2. The molecule has 312 valence electrons. The fraction of sp³-hybridized carbons (Fsp3) is 0.520. The van der Waals surface area contributed by atoms with E-state index in [-0.39, 0.29) is 6.79 Å². The zero-order valence-corrected chi connectivity index (χ0v) is 42.2. The van der Waals surface area contributed by atoms with Crippen LogP contribution in [0, 0.1) is 22.9 Å². The van der Waals surface area contributed by atoms with Gasteiger partial charge in [-0.3, -0.25) is 0 Å². The van der Waals surface area contributed by atoms with Crippen LogP contribution in [-0.2, 0) is 14.0 Å². The van der Waals surface area contributed by atoms with E-state index in [2.05, 4.69) is 204 Å². The normalized spacial score (nSPS) is 15.3. The molecule has 58 heavy (non-hydrogen) atoms. The molecule has 0 aromatic heterocycles. The van der Waals surface area contributed by atoms with Gasteiger partial charge in [-0.25, -0.2) is 0 Å². The number of ether oxygens (including phenoxy) is 2. The first-order chi connectivity index (χ1) is 27.1. The number of benzene rings is 4. The molecular weight excluding hydrogens is 811 g/mol.